The minimum Gasteiger partial charge on any atom is -0.497 e. The van der Waals surface area contributed by atoms with Crippen LogP contribution in [0.25, 0.3) is 0 Å². The van der Waals surface area contributed by atoms with E-state index in [0.717, 1.165) is 24.5 Å². The first-order chi connectivity index (χ1) is 9.80. The smallest absolute Gasteiger partial charge is 0.127 e. The van der Waals surface area contributed by atoms with Gasteiger partial charge in [0.25, 0.3) is 0 Å². The standard InChI is InChI=1S/C16H25NO2S/c1-4-9-17-16(15-6-5-10-20-15)13-8-7-12(18-2)11-14(13)19-3/h7-8,11,15-17H,4-6,9-10H2,1-3H3. The van der Waals surface area contributed by atoms with Gasteiger partial charge in [0.15, 0.2) is 0 Å². The maximum Gasteiger partial charge on any atom is 0.127 e. The molecule has 0 aliphatic carbocycles. The molecule has 2 atom stereocenters. The molecule has 0 radical (unpaired) electrons. The average molecular weight is 295 g/mol. The normalized spacial score (nSPS) is 19.9. The summed E-state index contributed by atoms with van der Waals surface area (Å²) in [6.45, 7) is 3.24. The predicted octanol–water partition coefficient (Wildman–Crippen LogP) is 3.64. The molecule has 1 aromatic rings. The van der Waals surface area contributed by atoms with Gasteiger partial charge in [-0.25, -0.2) is 0 Å². The van der Waals surface area contributed by atoms with Crippen LogP contribution in [-0.2, 0) is 0 Å². The summed E-state index contributed by atoms with van der Waals surface area (Å²) in [7, 11) is 3.42. The highest BCUT2D eigenvalue weighted by Crippen LogP contribution is 2.40. The number of methoxy groups -OCH3 is 2. The first-order valence-corrected chi connectivity index (χ1v) is 8.42. The molecule has 0 saturated carbocycles. The lowest BCUT2D eigenvalue weighted by molar-refractivity contribution is 0.382. The summed E-state index contributed by atoms with van der Waals surface area (Å²) in [6, 6.07) is 6.51. The lowest BCUT2D eigenvalue weighted by Gasteiger charge is -2.26. The maximum atomic E-state index is 5.58. The van der Waals surface area contributed by atoms with Crippen molar-refractivity contribution in [1.29, 1.82) is 0 Å². The van der Waals surface area contributed by atoms with Crippen LogP contribution in [-0.4, -0.2) is 31.8 Å². The molecule has 1 aromatic carbocycles. The zero-order valence-corrected chi connectivity index (χ0v) is 13.5. The van der Waals surface area contributed by atoms with E-state index < -0.39 is 0 Å². The van der Waals surface area contributed by atoms with Gasteiger partial charge in [0, 0.05) is 22.9 Å². The van der Waals surface area contributed by atoms with Gasteiger partial charge in [-0.2, -0.15) is 11.8 Å². The topological polar surface area (TPSA) is 30.5 Å². The Balaban J connectivity index is 2.26. The third-order valence-corrected chi connectivity index (χ3v) is 5.19. The quantitative estimate of drug-likeness (QED) is 0.832. The van der Waals surface area contributed by atoms with Crippen LogP contribution in [0.4, 0.5) is 0 Å². The van der Waals surface area contributed by atoms with Crippen molar-refractivity contribution in [3.05, 3.63) is 23.8 Å². The molecule has 0 amide bonds. The van der Waals surface area contributed by atoms with Crippen molar-refractivity contribution >= 4 is 11.8 Å². The van der Waals surface area contributed by atoms with Gasteiger partial charge in [0.05, 0.1) is 14.2 Å². The van der Waals surface area contributed by atoms with Gasteiger partial charge in [-0.3, -0.25) is 0 Å². The van der Waals surface area contributed by atoms with Gasteiger partial charge >= 0.3 is 0 Å². The van der Waals surface area contributed by atoms with Crippen LogP contribution in [0.2, 0.25) is 0 Å². The lowest BCUT2D eigenvalue weighted by Crippen LogP contribution is -2.30. The molecule has 2 rings (SSSR count). The zero-order valence-electron chi connectivity index (χ0n) is 12.6. The fraction of sp³-hybridized carbons (Fsp3) is 0.625. The highest BCUT2D eigenvalue weighted by atomic mass is 32.2. The van der Waals surface area contributed by atoms with Crippen LogP contribution in [0.3, 0.4) is 0 Å². The van der Waals surface area contributed by atoms with Crippen LogP contribution in [0.5, 0.6) is 11.5 Å². The Morgan fingerprint density at radius 3 is 2.80 bits per heavy atom. The van der Waals surface area contributed by atoms with Gasteiger partial charge in [0.1, 0.15) is 11.5 Å². The average Bonchev–Trinajstić information content (AvgIpc) is 3.02. The van der Waals surface area contributed by atoms with Gasteiger partial charge in [-0.05, 0) is 37.6 Å². The summed E-state index contributed by atoms with van der Waals surface area (Å²) in [5.74, 6) is 3.04. The van der Waals surface area contributed by atoms with Crippen molar-refractivity contribution in [2.45, 2.75) is 37.5 Å². The van der Waals surface area contributed by atoms with Crippen LogP contribution in [0.15, 0.2) is 18.2 Å². The number of nitrogens with one attached hydrogen (secondary N) is 1. The van der Waals surface area contributed by atoms with Crippen LogP contribution in [0, 0.1) is 0 Å². The summed E-state index contributed by atoms with van der Waals surface area (Å²) in [5, 5.41) is 4.34. The second-order valence-corrected chi connectivity index (χ2v) is 6.44. The minimum atomic E-state index is 0.364. The Morgan fingerprint density at radius 1 is 1.35 bits per heavy atom. The summed E-state index contributed by atoms with van der Waals surface area (Å²) in [6.07, 6.45) is 3.74. The van der Waals surface area contributed by atoms with E-state index in [4.69, 9.17) is 9.47 Å². The summed E-state index contributed by atoms with van der Waals surface area (Å²) >= 11 is 2.08. The summed E-state index contributed by atoms with van der Waals surface area (Å²) in [4.78, 5) is 0. The molecule has 1 heterocycles. The summed E-state index contributed by atoms with van der Waals surface area (Å²) in [5.41, 5.74) is 1.25. The van der Waals surface area contributed by atoms with Crippen molar-refractivity contribution < 1.29 is 9.47 Å². The number of rotatable bonds is 7. The van der Waals surface area contributed by atoms with Gasteiger partial charge in [0.2, 0.25) is 0 Å². The van der Waals surface area contributed by atoms with E-state index in [1.54, 1.807) is 14.2 Å². The third kappa shape index (κ3) is 3.61. The lowest BCUT2D eigenvalue weighted by atomic mass is 9.99. The molecule has 1 aliphatic rings. The molecule has 1 N–H and O–H groups in total. The minimum absolute atomic E-state index is 0.364. The van der Waals surface area contributed by atoms with Crippen molar-refractivity contribution in [2.24, 2.45) is 0 Å². The van der Waals surface area contributed by atoms with E-state index in [1.165, 1.54) is 24.2 Å². The Bertz CT molecular complexity index is 419. The molecule has 0 bridgehead atoms. The predicted molar refractivity (Wildman–Crippen MR) is 86.1 cm³/mol. The van der Waals surface area contributed by atoms with Gasteiger partial charge in [-0.1, -0.05) is 13.0 Å². The van der Waals surface area contributed by atoms with E-state index in [2.05, 4.69) is 30.1 Å². The monoisotopic (exact) mass is 295 g/mol. The number of hydrogen-bond acceptors (Lipinski definition) is 4. The van der Waals surface area contributed by atoms with Gasteiger partial charge in [-0.15, -0.1) is 0 Å². The molecule has 0 aromatic heterocycles. The first-order valence-electron chi connectivity index (χ1n) is 7.37. The molecule has 1 saturated heterocycles. The van der Waals surface area contributed by atoms with E-state index in [0.29, 0.717) is 11.3 Å². The maximum absolute atomic E-state index is 5.58. The Labute approximate surface area is 126 Å². The molecule has 20 heavy (non-hydrogen) atoms. The highest BCUT2D eigenvalue weighted by molar-refractivity contribution is 8.00. The fourth-order valence-electron chi connectivity index (χ4n) is 2.68. The Hall–Kier alpha value is -0.870. The Kier molecular flexibility index (Phi) is 6.05. The first kappa shape index (κ1) is 15.5. The second kappa shape index (κ2) is 7.79. The van der Waals surface area contributed by atoms with Crippen LogP contribution >= 0.6 is 11.8 Å². The number of ether oxygens (including phenoxy) is 2. The second-order valence-electron chi connectivity index (χ2n) is 5.09. The van der Waals surface area contributed by atoms with Crippen LogP contribution in [0.1, 0.15) is 37.8 Å². The molecule has 2 unspecified atom stereocenters. The van der Waals surface area contributed by atoms with Gasteiger partial charge < -0.3 is 14.8 Å². The van der Waals surface area contributed by atoms with E-state index in [9.17, 15) is 0 Å². The Morgan fingerprint density at radius 2 is 2.20 bits per heavy atom. The third-order valence-electron chi connectivity index (χ3n) is 3.73. The van der Waals surface area contributed by atoms with Crippen molar-refractivity contribution in [3.63, 3.8) is 0 Å². The van der Waals surface area contributed by atoms with Crippen molar-refractivity contribution in [2.75, 3.05) is 26.5 Å². The van der Waals surface area contributed by atoms with E-state index in [1.807, 2.05) is 12.1 Å². The molecule has 3 nitrogen and oxygen atoms in total. The largest absolute Gasteiger partial charge is 0.497 e. The summed E-state index contributed by atoms with van der Waals surface area (Å²) < 4.78 is 10.9. The highest BCUT2D eigenvalue weighted by Gasteiger charge is 2.28. The number of hydrogen-bond donors (Lipinski definition) is 1. The van der Waals surface area contributed by atoms with Crippen LogP contribution < -0.4 is 14.8 Å². The zero-order chi connectivity index (χ0) is 14.4. The molecule has 112 valence electrons. The molecule has 1 aliphatic heterocycles. The van der Waals surface area contributed by atoms with Crippen molar-refractivity contribution in [1.82, 2.24) is 5.32 Å². The molecule has 0 spiro atoms. The van der Waals surface area contributed by atoms with E-state index in [-0.39, 0.29) is 0 Å². The van der Waals surface area contributed by atoms with Crippen molar-refractivity contribution in [3.8, 4) is 11.5 Å². The number of benzene rings is 1. The fourth-order valence-corrected chi connectivity index (χ4v) is 4.09. The molecule has 1 fully saturated rings. The SMILES string of the molecule is CCCNC(c1ccc(OC)cc1OC)C1CCCS1. The molecular formula is C16H25NO2S. The van der Waals surface area contributed by atoms with E-state index >= 15 is 0 Å². The molecule has 4 heteroatoms. The molecular weight excluding hydrogens is 270 g/mol. The number of thioether (sulfide) groups is 1.